The Kier molecular flexibility index (Phi) is 6.02. The summed E-state index contributed by atoms with van der Waals surface area (Å²) in [5, 5.41) is 0. The maximum atomic E-state index is 12.9. The second-order valence-electron chi connectivity index (χ2n) is 6.54. The standard InChI is InChI=1S/C20H26IOP/c1-4-23(3,21,5-2)20(18-14-10-7-11-15-18)16-19(22)17-12-8-6-9-13-17/h6-15,20H,4-5,16H2,1-3H3. The summed E-state index contributed by atoms with van der Waals surface area (Å²) < 4.78 is -2.00. The molecule has 0 saturated carbocycles. The molecular weight excluding hydrogens is 414 g/mol. The summed E-state index contributed by atoms with van der Waals surface area (Å²) in [7, 11) is 0. The number of Topliss-reactive ketones (excluding diaryl/α,β-unsaturated/α-hetero) is 1. The molecule has 0 N–H and O–H groups in total. The Bertz CT molecular complexity index is 644. The topological polar surface area (TPSA) is 17.1 Å². The van der Waals surface area contributed by atoms with Crippen LogP contribution < -0.4 is 0 Å². The van der Waals surface area contributed by atoms with E-state index in [0.717, 1.165) is 17.9 Å². The van der Waals surface area contributed by atoms with E-state index in [2.05, 4.69) is 72.9 Å². The van der Waals surface area contributed by atoms with Crippen LogP contribution in [0.5, 0.6) is 0 Å². The van der Waals surface area contributed by atoms with Crippen molar-refractivity contribution in [3.05, 3.63) is 71.8 Å². The molecule has 23 heavy (non-hydrogen) atoms. The quantitative estimate of drug-likeness (QED) is 0.270. The van der Waals surface area contributed by atoms with Crippen molar-refractivity contribution in [2.24, 2.45) is 0 Å². The number of hydrogen-bond donors (Lipinski definition) is 0. The first-order chi connectivity index (χ1) is 10.9. The van der Waals surface area contributed by atoms with E-state index < -0.39 is 4.25 Å². The van der Waals surface area contributed by atoms with Crippen LogP contribution in [0.3, 0.4) is 0 Å². The first-order valence-corrected chi connectivity index (χ1v) is 14.2. The summed E-state index contributed by atoms with van der Waals surface area (Å²) >= 11 is 2.73. The Balaban J connectivity index is 2.41. The van der Waals surface area contributed by atoms with Crippen LogP contribution in [-0.2, 0) is 0 Å². The van der Waals surface area contributed by atoms with Gasteiger partial charge in [0, 0.05) is 0 Å². The molecule has 3 heteroatoms. The van der Waals surface area contributed by atoms with Crippen LogP contribution in [0.1, 0.15) is 41.8 Å². The normalized spacial score (nSPS) is 14.7. The van der Waals surface area contributed by atoms with Crippen molar-refractivity contribution in [1.82, 2.24) is 0 Å². The average Bonchev–Trinajstić information content (AvgIpc) is 2.61. The maximum absolute atomic E-state index is 12.9. The van der Waals surface area contributed by atoms with Crippen LogP contribution in [0.4, 0.5) is 0 Å². The zero-order valence-corrected chi connectivity index (χ0v) is 17.3. The van der Waals surface area contributed by atoms with Crippen molar-refractivity contribution in [2.75, 3.05) is 19.0 Å². The number of carbonyl (C=O) groups excluding carboxylic acids is 1. The van der Waals surface area contributed by atoms with Crippen LogP contribution in [0, 0.1) is 0 Å². The first-order valence-electron chi connectivity index (χ1n) is 8.25. The summed E-state index contributed by atoms with van der Waals surface area (Å²) in [4.78, 5) is 12.9. The minimum absolute atomic E-state index is 0.258. The summed E-state index contributed by atoms with van der Waals surface area (Å²) in [6, 6.07) is 20.3. The predicted octanol–water partition coefficient (Wildman–Crippen LogP) is 6.57. The molecule has 1 nitrogen and oxygen atoms in total. The van der Waals surface area contributed by atoms with Crippen LogP contribution in [-0.4, -0.2) is 24.8 Å². The second-order valence-corrected chi connectivity index (χ2v) is 21.1. The zero-order valence-electron chi connectivity index (χ0n) is 14.2. The molecule has 0 aliphatic heterocycles. The molecule has 124 valence electrons. The van der Waals surface area contributed by atoms with Gasteiger partial charge in [0.05, 0.1) is 0 Å². The van der Waals surface area contributed by atoms with E-state index in [1.54, 1.807) is 0 Å². The predicted molar refractivity (Wildman–Crippen MR) is 113 cm³/mol. The molecule has 0 aliphatic carbocycles. The fourth-order valence-corrected chi connectivity index (χ4v) is 7.61. The molecular formula is C20H26IOP. The number of benzene rings is 2. The molecule has 2 rings (SSSR count). The van der Waals surface area contributed by atoms with Crippen molar-refractivity contribution < 1.29 is 4.79 Å². The third-order valence-corrected chi connectivity index (χ3v) is 16.9. The van der Waals surface area contributed by atoms with Gasteiger partial charge in [-0.15, -0.1) is 0 Å². The van der Waals surface area contributed by atoms with Crippen LogP contribution in [0.15, 0.2) is 60.7 Å². The molecule has 0 amide bonds. The molecule has 0 saturated heterocycles. The van der Waals surface area contributed by atoms with Gasteiger partial charge in [-0.1, -0.05) is 0 Å². The SMILES string of the molecule is CCP(C)(I)(CC)C(CC(=O)c1ccccc1)c1ccccc1. The molecule has 2 aromatic rings. The van der Waals surface area contributed by atoms with Crippen LogP contribution in [0.2, 0.25) is 0 Å². The Labute approximate surface area is 153 Å². The van der Waals surface area contributed by atoms with Crippen molar-refractivity contribution >= 4 is 32.1 Å². The van der Waals surface area contributed by atoms with Gasteiger partial charge in [0.25, 0.3) is 0 Å². The van der Waals surface area contributed by atoms with E-state index in [4.69, 9.17) is 0 Å². The molecule has 0 heterocycles. The van der Waals surface area contributed by atoms with Gasteiger partial charge < -0.3 is 0 Å². The van der Waals surface area contributed by atoms with E-state index in [9.17, 15) is 4.79 Å². The fraction of sp³-hybridized carbons (Fsp3) is 0.350. The van der Waals surface area contributed by atoms with Crippen molar-refractivity contribution in [1.29, 1.82) is 0 Å². The van der Waals surface area contributed by atoms with E-state index in [-0.39, 0.29) is 5.78 Å². The Hall–Kier alpha value is -0.730. The van der Waals surface area contributed by atoms with Gasteiger partial charge in [0.1, 0.15) is 0 Å². The number of halogens is 1. The Morgan fingerprint density at radius 2 is 1.43 bits per heavy atom. The molecule has 1 unspecified atom stereocenters. The van der Waals surface area contributed by atoms with E-state index in [1.807, 2.05) is 30.3 Å². The fourth-order valence-electron chi connectivity index (χ4n) is 3.05. The van der Waals surface area contributed by atoms with Gasteiger partial charge in [-0.05, 0) is 0 Å². The molecule has 1 atom stereocenters. The molecule has 0 aliphatic rings. The summed E-state index contributed by atoms with van der Waals surface area (Å²) in [6.07, 6.45) is 2.92. The van der Waals surface area contributed by atoms with E-state index in [1.165, 1.54) is 5.56 Å². The molecule has 0 bridgehead atoms. The van der Waals surface area contributed by atoms with Gasteiger partial charge in [-0.3, -0.25) is 0 Å². The Morgan fingerprint density at radius 1 is 0.957 bits per heavy atom. The van der Waals surface area contributed by atoms with E-state index in [0.29, 0.717) is 12.1 Å². The van der Waals surface area contributed by atoms with Gasteiger partial charge >= 0.3 is 154 Å². The van der Waals surface area contributed by atoms with Gasteiger partial charge in [-0.25, -0.2) is 0 Å². The van der Waals surface area contributed by atoms with Crippen molar-refractivity contribution in [2.45, 2.75) is 25.9 Å². The number of ketones is 1. The first kappa shape index (κ1) is 18.6. The van der Waals surface area contributed by atoms with Crippen LogP contribution >= 0.6 is 26.3 Å². The van der Waals surface area contributed by atoms with E-state index >= 15 is 0 Å². The molecule has 0 radical (unpaired) electrons. The molecule has 0 spiro atoms. The van der Waals surface area contributed by atoms with Crippen LogP contribution in [0.25, 0.3) is 0 Å². The molecule has 0 aromatic heterocycles. The number of carbonyl (C=O) groups is 1. The number of rotatable bonds is 7. The van der Waals surface area contributed by atoms with Gasteiger partial charge in [0.2, 0.25) is 0 Å². The third kappa shape index (κ3) is 4.22. The van der Waals surface area contributed by atoms with Gasteiger partial charge in [-0.2, -0.15) is 0 Å². The minimum atomic E-state index is -2.00. The van der Waals surface area contributed by atoms with Crippen molar-refractivity contribution in [3.8, 4) is 0 Å². The second kappa shape index (κ2) is 7.44. The average molecular weight is 440 g/mol. The summed E-state index contributed by atoms with van der Waals surface area (Å²) in [5.41, 5.74) is 2.47. The monoisotopic (exact) mass is 440 g/mol. The molecule has 2 aromatic carbocycles. The summed E-state index contributed by atoms with van der Waals surface area (Å²) in [5.74, 6) is 0.258. The number of hydrogen-bond acceptors (Lipinski definition) is 1. The third-order valence-electron chi connectivity index (χ3n) is 5.21. The zero-order chi connectivity index (χ0) is 16.9. The molecule has 0 fully saturated rings. The van der Waals surface area contributed by atoms with Crippen molar-refractivity contribution in [3.63, 3.8) is 0 Å². The Morgan fingerprint density at radius 3 is 1.91 bits per heavy atom. The van der Waals surface area contributed by atoms with Gasteiger partial charge in [0.15, 0.2) is 0 Å². The summed E-state index contributed by atoms with van der Waals surface area (Å²) in [6.45, 7) is 7.02.